The molecule has 0 N–H and O–H groups in total. The molecule has 0 saturated heterocycles. The van der Waals surface area contributed by atoms with Gasteiger partial charge in [0.25, 0.3) is 0 Å². The van der Waals surface area contributed by atoms with Gasteiger partial charge in [0.2, 0.25) is 0 Å². The van der Waals surface area contributed by atoms with Gasteiger partial charge >= 0.3 is 0 Å². The van der Waals surface area contributed by atoms with Crippen LogP contribution in [0.3, 0.4) is 0 Å². The van der Waals surface area contributed by atoms with Crippen LogP contribution in [-0.4, -0.2) is 0 Å². The van der Waals surface area contributed by atoms with Crippen LogP contribution < -0.4 is 0 Å². The van der Waals surface area contributed by atoms with Crippen molar-refractivity contribution in [2.45, 2.75) is 109 Å². The van der Waals surface area contributed by atoms with Crippen molar-refractivity contribution >= 4 is 0 Å². The molecular formula is C33H44F2. The van der Waals surface area contributed by atoms with E-state index >= 15 is 8.78 Å². The van der Waals surface area contributed by atoms with Crippen molar-refractivity contribution in [2.24, 2.45) is 23.7 Å². The molecule has 2 aromatic rings. The van der Waals surface area contributed by atoms with Crippen LogP contribution in [0.4, 0.5) is 8.78 Å². The zero-order valence-corrected chi connectivity index (χ0v) is 21.9. The highest BCUT2D eigenvalue weighted by Crippen LogP contribution is 2.44. The van der Waals surface area contributed by atoms with E-state index in [1.165, 1.54) is 70.6 Å². The average molecular weight is 479 g/mol. The van der Waals surface area contributed by atoms with Gasteiger partial charge in [0.15, 0.2) is 0 Å². The molecule has 0 amide bonds. The van der Waals surface area contributed by atoms with E-state index in [-0.39, 0.29) is 11.6 Å². The molecule has 5 rings (SSSR count). The Kier molecular flexibility index (Phi) is 7.95. The van der Waals surface area contributed by atoms with Crippen LogP contribution in [0.2, 0.25) is 0 Å². The van der Waals surface area contributed by atoms with E-state index in [0.29, 0.717) is 23.0 Å². The Morgan fingerprint density at radius 2 is 1.29 bits per heavy atom. The van der Waals surface area contributed by atoms with Gasteiger partial charge < -0.3 is 0 Å². The lowest BCUT2D eigenvalue weighted by Gasteiger charge is -2.37. The third-order valence-electron chi connectivity index (χ3n) is 10.1. The third-order valence-corrected chi connectivity index (χ3v) is 10.1. The van der Waals surface area contributed by atoms with E-state index in [2.05, 4.69) is 19.9 Å². The highest BCUT2D eigenvalue weighted by molar-refractivity contribution is 5.65. The molecule has 0 nitrogen and oxygen atoms in total. The first-order valence-electron chi connectivity index (χ1n) is 14.6. The molecule has 0 aromatic heterocycles. The number of hydrogen-bond donors (Lipinski definition) is 0. The summed E-state index contributed by atoms with van der Waals surface area (Å²) in [7, 11) is 0. The highest BCUT2D eigenvalue weighted by Gasteiger charge is 2.31. The largest absolute Gasteiger partial charge is 0.207 e. The third kappa shape index (κ3) is 5.67. The Hall–Kier alpha value is -1.70. The Bertz CT molecular complexity index is 971. The summed E-state index contributed by atoms with van der Waals surface area (Å²) in [6, 6.07) is 11.1. The molecule has 0 aliphatic heterocycles. The van der Waals surface area contributed by atoms with Gasteiger partial charge in [0.1, 0.15) is 11.6 Å². The van der Waals surface area contributed by atoms with Crippen molar-refractivity contribution in [3.63, 3.8) is 0 Å². The zero-order valence-electron chi connectivity index (χ0n) is 21.9. The second-order valence-electron chi connectivity index (χ2n) is 12.2. The van der Waals surface area contributed by atoms with Gasteiger partial charge in [0.05, 0.1) is 0 Å². The molecule has 0 bridgehead atoms. The van der Waals surface area contributed by atoms with Gasteiger partial charge in [-0.1, -0.05) is 57.4 Å². The van der Waals surface area contributed by atoms with Gasteiger partial charge in [-0.15, -0.1) is 0 Å². The summed E-state index contributed by atoms with van der Waals surface area (Å²) in [5.41, 5.74) is 3.14. The Morgan fingerprint density at radius 1 is 0.657 bits per heavy atom. The van der Waals surface area contributed by atoms with Crippen molar-refractivity contribution in [1.29, 1.82) is 0 Å². The lowest BCUT2D eigenvalue weighted by atomic mass is 9.68. The van der Waals surface area contributed by atoms with Gasteiger partial charge in [0, 0.05) is 5.56 Å². The summed E-state index contributed by atoms with van der Waals surface area (Å²) >= 11 is 0. The molecule has 3 aliphatic carbocycles. The molecule has 3 saturated carbocycles. The maximum atomic E-state index is 15.2. The van der Waals surface area contributed by atoms with Crippen LogP contribution in [0.1, 0.15) is 120 Å². The van der Waals surface area contributed by atoms with Crippen LogP contribution in [-0.2, 0) is 0 Å². The van der Waals surface area contributed by atoms with E-state index in [9.17, 15) is 0 Å². The second kappa shape index (κ2) is 11.1. The van der Waals surface area contributed by atoms with E-state index in [4.69, 9.17) is 0 Å². The number of halogens is 2. The Balaban J connectivity index is 1.22. The SMILES string of the molecule is CCC1CCC(c2ccc(-c3ccc(C4CCC(C5CCC(C)CC5)CC4)cc3F)cc2F)CC1. The molecule has 0 spiro atoms. The number of benzene rings is 2. The molecule has 3 fully saturated rings. The average Bonchev–Trinajstić information content (AvgIpc) is 2.89. The zero-order chi connectivity index (χ0) is 24.4. The molecule has 35 heavy (non-hydrogen) atoms. The van der Waals surface area contributed by atoms with Gasteiger partial charge in [-0.25, -0.2) is 8.78 Å². The lowest BCUT2D eigenvalue weighted by molar-refractivity contribution is 0.165. The summed E-state index contributed by atoms with van der Waals surface area (Å²) in [5.74, 6) is 3.91. The molecule has 0 radical (unpaired) electrons. The molecule has 3 aliphatic rings. The smallest absolute Gasteiger partial charge is 0.131 e. The van der Waals surface area contributed by atoms with Crippen LogP contribution in [0, 0.1) is 35.3 Å². The molecular weight excluding hydrogens is 434 g/mol. The molecule has 0 atom stereocenters. The van der Waals surface area contributed by atoms with Crippen molar-refractivity contribution in [2.75, 3.05) is 0 Å². The standard InChI is InChI=1S/C33H44F2/c1-3-23-6-10-27(11-7-23)30-19-17-29(21-33(30)35)31-18-16-28(20-32(31)34)26-14-12-25(13-15-26)24-8-4-22(2)5-9-24/h16-27H,3-15H2,1-2H3. The van der Waals surface area contributed by atoms with Crippen LogP contribution in [0.15, 0.2) is 36.4 Å². The van der Waals surface area contributed by atoms with Gasteiger partial charge in [-0.3, -0.25) is 0 Å². The molecule has 0 unspecified atom stereocenters. The predicted octanol–water partition coefficient (Wildman–Crippen LogP) is 10.4. The van der Waals surface area contributed by atoms with Crippen molar-refractivity contribution in [1.82, 2.24) is 0 Å². The first-order valence-corrected chi connectivity index (χ1v) is 14.6. The van der Waals surface area contributed by atoms with Crippen molar-refractivity contribution in [3.05, 3.63) is 59.2 Å². The fraction of sp³-hybridized carbons (Fsp3) is 0.636. The first kappa shape index (κ1) is 25.0. The maximum absolute atomic E-state index is 15.2. The number of hydrogen-bond acceptors (Lipinski definition) is 0. The normalized spacial score (nSPS) is 31.9. The summed E-state index contributed by atoms with van der Waals surface area (Å²) in [6.45, 7) is 4.65. The monoisotopic (exact) mass is 478 g/mol. The lowest BCUT2D eigenvalue weighted by Crippen LogP contribution is -2.24. The van der Waals surface area contributed by atoms with Crippen LogP contribution in [0.25, 0.3) is 11.1 Å². The second-order valence-corrected chi connectivity index (χ2v) is 12.2. The minimum Gasteiger partial charge on any atom is -0.207 e. The first-order chi connectivity index (χ1) is 17.0. The summed E-state index contributed by atoms with van der Waals surface area (Å²) in [4.78, 5) is 0. The van der Waals surface area contributed by atoms with Gasteiger partial charge in [-0.05, 0) is 129 Å². The summed E-state index contributed by atoms with van der Waals surface area (Å²) in [5, 5.41) is 0. The van der Waals surface area contributed by atoms with Crippen molar-refractivity contribution in [3.8, 4) is 11.1 Å². The highest BCUT2D eigenvalue weighted by atomic mass is 19.1. The van der Waals surface area contributed by atoms with E-state index in [1.807, 2.05) is 18.2 Å². The molecule has 2 heteroatoms. The summed E-state index contributed by atoms with van der Waals surface area (Å²) in [6.07, 6.45) is 16.3. The van der Waals surface area contributed by atoms with Gasteiger partial charge in [-0.2, -0.15) is 0 Å². The topological polar surface area (TPSA) is 0 Å². The minimum absolute atomic E-state index is 0.165. The maximum Gasteiger partial charge on any atom is 0.131 e. The van der Waals surface area contributed by atoms with Crippen molar-refractivity contribution < 1.29 is 8.78 Å². The van der Waals surface area contributed by atoms with E-state index < -0.39 is 0 Å². The van der Waals surface area contributed by atoms with Crippen LogP contribution >= 0.6 is 0 Å². The van der Waals surface area contributed by atoms with E-state index in [0.717, 1.165) is 47.6 Å². The fourth-order valence-corrected chi connectivity index (χ4v) is 7.61. The minimum atomic E-state index is -0.207. The fourth-order valence-electron chi connectivity index (χ4n) is 7.61. The predicted molar refractivity (Wildman–Crippen MR) is 143 cm³/mol. The summed E-state index contributed by atoms with van der Waals surface area (Å²) < 4.78 is 30.3. The van der Waals surface area contributed by atoms with Crippen LogP contribution in [0.5, 0.6) is 0 Å². The molecule has 0 heterocycles. The Morgan fingerprint density at radius 3 is 1.89 bits per heavy atom. The number of rotatable bonds is 5. The molecule has 2 aromatic carbocycles. The quantitative estimate of drug-likeness (QED) is 0.401. The molecule has 190 valence electrons. The van der Waals surface area contributed by atoms with E-state index in [1.54, 1.807) is 12.1 Å². The Labute approximate surface area is 211 Å².